The van der Waals surface area contributed by atoms with E-state index in [0.29, 0.717) is 104 Å². The van der Waals surface area contributed by atoms with Crippen LogP contribution in [0.25, 0.3) is 0 Å². The maximum Gasteiger partial charge on any atom is 0.221 e. The average Bonchev–Trinajstić information content (AvgIpc) is 2.87. The van der Waals surface area contributed by atoms with Crippen LogP contribution >= 0.6 is 0 Å². The molecular weight excluding hydrogens is 516 g/mol. The van der Waals surface area contributed by atoms with Crippen molar-refractivity contribution in [2.24, 2.45) is 5.73 Å². The molecule has 0 unspecified atom stereocenters. The molecule has 2 amide bonds. The standard InChI is InChI=1S/C28H52N6O6/c1-23(35)5-14-33(15-6-24(2)36)21-12-30-27(39)9-18-32(20-11-29)19-10-28(40)31-13-22-34(16-7-25(3)37)17-8-26(4)38/h5-22,29H2,1-4H3,(H,30,39)(H,31,40). The fraction of sp³-hybridized carbons (Fsp3) is 0.786. The van der Waals surface area contributed by atoms with Crippen LogP contribution in [0.5, 0.6) is 0 Å². The molecule has 0 heterocycles. The van der Waals surface area contributed by atoms with Gasteiger partial charge in [-0.25, -0.2) is 0 Å². The summed E-state index contributed by atoms with van der Waals surface area (Å²) in [6, 6.07) is 0. The van der Waals surface area contributed by atoms with E-state index >= 15 is 0 Å². The van der Waals surface area contributed by atoms with Crippen molar-refractivity contribution in [2.45, 2.75) is 66.2 Å². The maximum absolute atomic E-state index is 12.4. The summed E-state index contributed by atoms with van der Waals surface area (Å²) in [6.07, 6.45) is 2.17. The second-order valence-electron chi connectivity index (χ2n) is 10.3. The smallest absolute Gasteiger partial charge is 0.221 e. The third-order valence-corrected chi connectivity index (χ3v) is 6.38. The van der Waals surface area contributed by atoms with E-state index in [-0.39, 0.29) is 47.8 Å². The van der Waals surface area contributed by atoms with Crippen LogP contribution in [0.15, 0.2) is 0 Å². The minimum atomic E-state index is -0.110. The largest absolute Gasteiger partial charge is 0.355 e. The van der Waals surface area contributed by atoms with Gasteiger partial charge in [0.25, 0.3) is 0 Å². The van der Waals surface area contributed by atoms with Crippen LogP contribution in [0, 0.1) is 0 Å². The Labute approximate surface area is 239 Å². The summed E-state index contributed by atoms with van der Waals surface area (Å²) in [5, 5.41) is 5.78. The average molecular weight is 569 g/mol. The number of carbonyl (C=O) groups is 6. The van der Waals surface area contributed by atoms with Crippen molar-refractivity contribution in [1.29, 1.82) is 0 Å². The van der Waals surface area contributed by atoms with E-state index in [1.165, 1.54) is 27.7 Å². The molecule has 0 spiro atoms. The number of ketones is 4. The monoisotopic (exact) mass is 568 g/mol. The molecule has 0 saturated carbocycles. The Bertz CT molecular complexity index is 708. The van der Waals surface area contributed by atoms with Crippen molar-refractivity contribution in [1.82, 2.24) is 25.3 Å². The number of nitrogens with zero attached hydrogens (tertiary/aromatic N) is 3. The van der Waals surface area contributed by atoms with Gasteiger partial charge in [-0.05, 0) is 27.7 Å². The lowest BCUT2D eigenvalue weighted by Gasteiger charge is -2.23. The lowest BCUT2D eigenvalue weighted by atomic mass is 10.2. The van der Waals surface area contributed by atoms with Crippen LogP contribution in [0.3, 0.4) is 0 Å². The van der Waals surface area contributed by atoms with Gasteiger partial charge in [0.05, 0.1) is 0 Å². The highest BCUT2D eigenvalue weighted by Crippen LogP contribution is 1.99. The van der Waals surface area contributed by atoms with Gasteiger partial charge in [0, 0.05) is 117 Å². The van der Waals surface area contributed by atoms with Crippen molar-refractivity contribution in [2.75, 3.05) is 78.5 Å². The molecule has 0 rings (SSSR count). The molecule has 0 aliphatic carbocycles. The number of amides is 2. The lowest BCUT2D eigenvalue weighted by Crippen LogP contribution is -2.40. The maximum atomic E-state index is 12.4. The van der Waals surface area contributed by atoms with Crippen molar-refractivity contribution < 1.29 is 28.8 Å². The number of rotatable bonds is 26. The van der Waals surface area contributed by atoms with Gasteiger partial charge < -0.3 is 31.1 Å². The summed E-state index contributed by atoms with van der Waals surface area (Å²) in [7, 11) is 0. The van der Waals surface area contributed by atoms with Crippen molar-refractivity contribution in [3.8, 4) is 0 Å². The summed E-state index contributed by atoms with van der Waals surface area (Å²) >= 11 is 0. The highest BCUT2D eigenvalue weighted by atomic mass is 16.2. The van der Waals surface area contributed by atoms with E-state index in [2.05, 4.69) is 10.6 Å². The van der Waals surface area contributed by atoms with E-state index in [4.69, 9.17) is 5.73 Å². The van der Waals surface area contributed by atoms with Crippen LogP contribution < -0.4 is 16.4 Å². The highest BCUT2D eigenvalue weighted by molar-refractivity contribution is 5.77. The van der Waals surface area contributed by atoms with E-state index in [1.54, 1.807) is 0 Å². The number of hydrogen-bond acceptors (Lipinski definition) is 10. The Morgan fingerprint density at radius 3 is 1.00 bits per heavy atom. The van der Waals surface area contributed by atoms with Crippen LogP contribution in [0.2, 0.25) is 0 Å². The molecule has 0 atom stereocenters. The van der Waals surface area contributed by atoms with Gasteiger partial charge >= 0.3 is 0 Å². The van der Waals surface area contributed by atoms with E-state index in [1.807, 2.05) is 14.7 Å². The molecule has 40 heavy (non-hydrogen) atoms. The van der Waals surface area contributed by atoms with Gasteiger partial charge in [-0.1, -0.05) is 0 Å². The minimum absolute atomic E-state index is 0.0850. The molecule has 12 heteroatoms. The van der Waals surface area contributed by atoms with Crippen molar-refractivity contribution in [3.63, 3.8) is 0 Å². The Kier molecular flexibility index (Phi) is 21.7. The number of carbonyl (C=O) groups excluding carboxylic acids is 6. The number of nitrogens with one attached hydrogen (secondary N) is 2. The SMILES string of the molecule is CC(=O)CCN(CCNC(=O)CCN(CCN)CCC(=O)NCCN(CCC(C)=O)CCC(C)=O)CCC(C)=O. The molecule has 12 nitrogen and oxygen atoms in total. The molecular formula is C28H52N6O6. The molecule has 0 bridgehead atoms. The topological polar surface area (TPSA) is 162 Å². The predicted octanol–water partition coefficient (Wildman–Crippen LogP) is -0.220. The summed E-state index contributed by atoms with van der Waals surface area (Å²) < 4.78 is 0. The Balaban J connectivity index is 4.43. The lowest BCUT2D eigenvalue weighted by molar-refractivity contribution is -0.122. The first-order valence-electron chi connectivity index (χ1n) is 14.3. The predicted molar refractivity (Wildman–Crippen MR) is 155 cm³/mol. The number of Topliss-reactive ketones (excluding diaryl/α,β-unsaturated/α-hetero) is 4. The molecule has 0 aliphatic heterocycles. The first-order chi connectivity index (χ1) is 18.9. The van der Waals surface area contributed by atoms with E-state index < -0.39 is 0 Å². The third-order valence-electron chi connectivity index (χ3n) is 6.38. The number of nitrogens with two attached hydrogens (primary N) is 1. The van der Waals surface area contributed by atoms with E-state index in [0.717, 1.165) is 0 Å². The van der Waals surface area contributed by atoms with Crippen LogP contribution in [0.4, 0.5) is 0 Å². The molecule has 230 valence electrons. The zero-order chi connectivity index (χ0) is 30.3. The van der Waals surface area contributed by atoms with Crippen LogP contribution in [0.1, 0.15) is 66.2 Å². The number of hydrogen-bond donors (Lipinski definition) is 3. The first kappa shape index (κ1) is 37.5. The quantitative estimate of drug-likeness (QED) is 0.127. The Morgan fingerprint density at radius 2 is 0.725 bits per heavy atom. The van der Waals surface area contributed by atoms with Crippen LogP contribution in [-0.2, 0) is 28.8 Å². The van der Waals surface area contributed by atoms with Crippen molar-refractivity contribution in [3.05, 3.63) is 0 Å². The molecule has 0 saturated heterocycles. The Hall–Kier alpha value is -2.54. The normalized spacial score (nSPS) is 11.2. The molecule has 0 aliphatic rings. The molecule has 0 radical (unpaired) electrons. The van der Waals surface area contributed by atoms with Gasteiger partial charge in [0.2, 0.25) is 11.8 Å². The van der Waals surface area contributed by atoms with Crippen LogP contribution in [-0.4, -0.2) is 128 Å². The molecule has 0 aromatic carbocycles. The first-order valence-corrected chi connectivity index (χ1v) is 14.3. The zero-order valence-electron chi connectivity index (χ0n) is 25.1. The second kappa shape index (κ2) is 23.2. The fourth-order valence-electron chi connectivity index (χ4n) is 3.85. The third kappa shape index (κ3) is 23.4. The summed E-state index contributed by atoms with van der Waals surface area (Å²) in [5.41, 5.74) is 5.72. The summed E-state index contributed by atoms with van der Waals surface area (Å²) in [5.74, 6) is 0.119. The second-order valence-corrected chi connectivity index (χ2v) is 10.3. The highest BCUT2D eigenvalue weighted by Gasteiger charge is 2.13. The minimum Gasteiger partial charge on any atom is -0.355 e. The molecule has 0 aromatic heterocycles. The summed E-state index contributed by atoms with van der Waals surface area (Å²) in [6.45, 7) is 12.2. The zero-order valence-corrected chi connectivity index (χ0v) is 25.1. The fourth-order valence-corrected chi connectivity index (χ4v) is 3.85. The molecule has 0 fully saturated rings. The van der Waals surface area contributed by atoms with Gasteiger partial charge in [0.1, 0.15) is 23.1 Å². The van der Waals surface area contributed by atoms with Gasteiger partial charge in [-0.3, -0.25) is 28.8 Å². The molecule has 0 aromatic rings. The Morgan fingerprint density at radius 1 is 0.450 bits per heavy atom. The molecule has 4 N–H and O–H groups in total. The van der Waals surface area contributed by atoms with Gasteiger partial charge in [-0.2, -0.15) is 0 Å². The summed E-state index contributed by atoms with van der Waals surface area (Å²) in [4.78, 5) is 76.0. The van der Waals surface area contributed by atoms with Gasteiger partial charge in [-0.15, -0.1) is 0 Å². The van der Waals surface area contributed by atoms with Crippen molar-refractivity contribution >= 4 is 34.9 Å². The van der Waals surface area contributed by atoms with E-state index in [9.17, 15) is 28.8 Å². The van der Waals surface area contributed by atoms with Gasteiger partial charge in [0.15, 0.2) is 0 Å².